The monoisotopic (exact) mass is 396 g/mol. The van der Waals surface area contributed by atoms with E-state index < -0.39 is 6.04 Å². The number of amides is 3. The Hall–Kier alpha value is -1.79. The molecule has 0 radical (unpaired) electrons. The van der Waals surface area contributed by atoms with Crippen molar-refractivity contribution >= 4 is 30.0 Å². The Morgan fingerprint density at radius 1 is 1.26 bits per heavy atom. The lowest BCUT2D eigenvalue weighted by atomic mass is 9.96. The maximum Gasteiger partial charge on any atom is 0.319 e. The van der Waals surface area contributed by atoms with Gasteiger partial charge in [-0.15, -0.1) is 12.4 Å². The van der Waals surface area contributed by atoms with Crippen molar-refractivity contribution in [3.8, 4) is 0 Å². The highest BCUT2D eigenvalue weighted by atomic mass is 35.5. The standard InChI is InChI=1S/C20H32N4O2.ClH/c1-14(2)11-18(21)19(25)24-10-4-5-16(13-24)12-22-20(26)23-17-8-6-15(3)7-9-17;/h6-9,14,16,18H,4-5,10-13,21H2,1-3H3,(H2,22,23,26);1H/t16?,18-;/m0./s1. The van der Waals surface area contributed by atoms with Crippen molar-refractivity contribution in [2.45, 2.75) is 46.1 Å². The lowest BCUT2D eigenvalue weighted by molar-refractivity contribution is -0.134. The van der Waals surface area contributed by atoms with Crippen LogP contribution in [0.1, 0.15) is 38.7 Å². The van der Waals surface area contributed by atoms with Gasteiger partial charge in [0.05, 0.1) is 6.04 Å². The number of rotatable bonds is 6. The summed E-state index contributed by atoms with van der Waals surface area (Å²) in [7, 11) is 0. The van der Waals surface area contributed by atoms with Crippen molar-refractivity contribution in [1.29, 1.82) is 0 Å². The van der Waals surface area contributed by atoms with Gasteiger partial charge in [0.1, 0.15) is 0 Å². The third-order valence-electron chi connectivity index (χ3n) is 4.73. The predicted octanol–water partition coefficient (Wildman–Crippen LogP) is 3.15. The number of carbonyl (C=O) groups excluding carboxylic acids is 2. The fourth-order valence-electron chi connectivity index (χ4n) is 3.32. The molecule has 0 spiro atoms. The smallest absolute Gasteiger partial charge is 0.319 e. The SMILES string of the molecule is Cc1ccc(NC(=O)NCC2CCCN(C(=O)[C@@H](N)CC(C)C)C2)cc1.Cl. The highest BCUT2D eigenvalue weighted by molar-refractivity contribution is 5.89. The number of halogens is 1. The third-order valence-corrected chi connectivity index (χ3v) is 4.73. The first-order valence-electron chi connectivity index (χ1n) is 9.51. The molecule has 1 saturated heterocycles. The number of nitrogens with two attached hydrogens (primary N) is 1. The minimum absolute atomic E-state index is 0. The van der Waals surface area contributed by atoms with Crippen LogP contribution < -0.4 is 16.4 Å². The second-order valence-corrected chi connectivity index (χ2v) is 7.73. The van der Waals surface area contributed by atoms with Gasteiger partial charge in [-0.1, -0.05) is 31.5 Å². The van der Waals surface area contributed by atoms with Gasteiger partial charge in [-0.25, -0.2) is 4.79 Å². The van der Waals surface area contributed by atoms with Crippen LogP contribution in [-0.2, 0) is 4.79 Å². The van der Waals surface area contributed by atoms with Crippen molar-refractivity contribution in [3.63, 3.8) is 0 Å². The summed E-state index contributed by atoms with van der Waals surface area (Å²) in [6, 6.07) is 7.04. The van der Waals surface area contributed by atoms with Crippen LogP contribution in [0.15, 0.2) is 24.3 Å². The fourth-order valence-corrected chi connectivity index (χ4v) is 3.32. The van der Waals surface area contributed by atoms with Gasteiger partial charge in [-0.3, -0.25) is 4.79 Å². The van der Waals surface area contributed by atoms with Gasteiger partial charge in [0.15, 0.2) is 0 Å². The van der Waals surface area contributed by atoms with E-state index >= 15 is 0 Å². The number of benzene rings is 1. The third kappa shape index (κ3) is 7.77. The zero-order valence-electron chi connectivity index (χ0n) is 16.5. The first-order valence-corrected chi connectivity index (χ1v) is 9.51. The van der Waals surface area contributed by atoms with Gasteiger partial charge < -0.3 is 21.3 Å². The van der Waals surface area contributed by atoms with E-state index in [1.165, 1.54) is 0 Å². The summed E-state index contributed by atoms with van der Waals surface area (Å²) in [5.74, 6) is 0.705. The van der Waals surface area contributed by atoms with E-state index in [4.69, 9.17) is 5.73 Å². The normalized spacial score (nSPS) is 17.8. The molecule has 4 N–H and O–H groups in total. The Morgan fingerprint density at radius 2 is 1.93 bits per heavy atom. The molecule has 0 bridgehead atoms. The first-order chi connectivity index (χ1) is 12.3. The Kier molecular flexibility index (Phi) is 9.60. The van der Waals surface area contributed by atoms with Gasteiger partial charge in [0.2, 0.25) is 5.91 Å². The topological polar surface area (TPSA) is 87.5 Å². The Morgan fingerprint density at radius 3 is 2.56 bits per heavy atom. The molecule has 0 aliphatic carbocycles. The molecule has 0 saturated carbocycles. The molecular weight excluding hydrogens is 364 g/mol. The number of nitrogens with one attached hydrogen (secondary N) is 2. The van der Waals surface area contributed by atoms with Crippen LogP contribution in [0, 0.1) is 18.8 Å². The molecule has 2 rings (SSSR count). The molecule has 2 atom stereocenters. The number of urea groups is 1. The van der Waals surface area contributed by atoms with Crippen molar-refractivity contribution in [1.82, 2.24) is 10.2 Å². The lowest BCUT2D eigenvalue weighted by Gasteiger charge is -2.34. The highest BCUT2D eigenvalue weighted by Gasteiger charge is 2.27. The minimum Gasteiger partial charge on any atom is -0.341 e. The van der Waals surface area contributed by atoms with Crippen LogP contribution >= 0.6 is 12.4 Å². The second-order valence-electron chi connectivity index (χ2n) is 7.73. The average molecular weight is 397 g/mol. The molecule has 1 aliphatic rings. The number of hydrogen-bond acceptors (Lipinski definition) is 3. The molecule has 7 heteroatoms. The van der Waals surface area contributed by atoms with Crippen LogP contribution in [-0.4, -0.2) is 42.5 Å². The van der Waals surface area contributed by atoms with Crippen molar-refractivity contribution < 1.29 is 9.59 Å². The van der Waals surface area contributed by atoms with Gasteiger partial charge in [-0.2, -0.15) is 0 Å². The zero-order chi connectivity index (χ0) is 19.1. The van der Waals surface area contributed by atoms with E-state index in [0.29, 0.717) is 25.4 Å². The number of nitrogens with zero attached hydrogens (tertiary/aromatic N) is 1. The number of carbonyl (C=O) groups is 2. The van der Waals surface area contributed by atoms with Gasteiger partial charge in [0.25, 0.3) is 0 Å². The summed E-state index contributed by atoms with van der Waals surface area (Å²) in [5.41, 5.74) is 7.97. The quantitative estimate of drug-likeness (QED) is 0.690. The van der Waals surface area contributed by atoms with E-state index in [9.17, 15) is 9.59 Å². The molecule has 6 nitrogen and oxygen atoms in total. The number of anilines is 1. The van der Waals surface area contributed by atoms with Gasteiger partial charge >= 0.3 is 6.03 Å². The molecule has 1 unspecified atom stereocenters. The number of likely N-dealkylation sites (tertiary alicyclic amines) is 1. The van der Waals surface area contributed by atoms with Crippen molar-refractivity contribution in [2.75, 3.05) is 25.0 Å². The summed E-state index contributed by atoms with van der Waals surface area (Å²) >= 11 is 0. The van der Waals surface area contributed by atoms with E-state index in [2.05, 4.69) is 24.5 Å². The Bertz CT molecular complexity index is 607. The molecule has 1 aliphatic heterocycles. The Balaban J connectivity index is 0.00000364. The van der Waals surface area contributed by atoms with Crippen LogP contribution in [0.4, 0.5) is 10.5 Å². The van der Waals surface area contributed by atoms with E-state index in [0.717, 1.165) is 30.6 Å². The summed E-state index contributed by atoms with van der Waals surface area (Å²) in [6.45, 7) is 8.13. The Labute approximate surface area is 168 Å². The summed E-state index contributed by atoms with van der Waals surface area (Å²) in [4.78, 5) is 26.4. The van der Waals surface area contributed by atoms with Crippen LogP contribution in [0.25, 0.3) is 0 Å². The molecular formula is C20H33ClN4O2. The molecule has 1 fully saturated rings. The summed E-state index contributed by atoms with van der Waals surface area (Å²) in [6.07, 6.45) is 2.66. The van der Waals surface area contributed by atoms with Crippen LogP contribution in [0.2, 0.25) is 0 Å². The zero-order valence-corrected chi connectivity index (χ0v) is 17.3. The van der Waals surface area contributed by atoms with E-state index in [1.807, 2.05) is 36.1 Å². The van der Waals surface area contributed by atoms with Gasteiger partial charge in [-0.05, 0) is 50.2 Å². The molecule has 3 amide bonds. The second kappa shape index (κ2) is 11.1. The maximum absolute atomic E-state index is 12.5. The molecule has 1 aromatic carbocycles. The first kappa shape index (κ1) is 23.2. The molecule has 152 valence electrons. The predicted molar refractivity (Wildman–Crippen MR) is 112 cm³/mol. The molecule has 1 aromatic rings. The van der Waals surface area contributed by atoms with Crippen LogP contribution in [0.5, 0.6) is 0 Å². The van der Waals surface area contributed by atoms with Crippen molar-refractivity contribution in [2.24, 2.45) is 17.6 Å². The number of piperidine rings is 1. The number of aryl methyl sites for hydroxylation is 1. The minimum atomic E-state index is -0.424. The largest absolute Gasteiger partial charge is 0.341 e. The molecule has 1 heterocycles. The van der Waals surface area contributed by atoms with Crippen LogP contribution in [0.3, 0.4) is 0 Å². The molecule has 27 heavy (non-hydrogen) atoms. The lowest BCUT2D eigenvalue weighted by Crippen LogP contribution is -2.50. The number of hydrogen-bond donors (Lipinski definition) is 3. The van der Waals surface area contributed by atoms with E-state index in [-0.39, 0.29) is 30.3 Å². The maximum atomic E-state index is 12.5. The molecule has 0 aromatic heterocycles. The average Bonchev–Trinajstić information content (AvgIpc) is 2.61. The summed E-state index contributed by atoms with van der Waals surface area (Å²) < 4.78 is 0. The van der Waals surface area contributed by atoms with Gasteiger partial charge in [0, 0.05) is 25.3 Å². The summed E-state index contributed by atoms with van der Waals surface area (Å²) in [5, 5.41) is 5.75. The van der Waals surface area contributed by atoms with Crippen molar-refractivity contribution in [3.05, 3.63) is 29.8 Å². The highest BCUT2D eigenvalue weighted by Crippen LogP contribution is 2.18. The van der Waals surface area contributed by atoms with E-state index in [1.54, 1.807) is 0 Å². The fraction of sp³-hybridized carbons (Fsp3) is 0.600.